The maximum atomic E-state index is 12.0. The highest BCUT2D eigenvalue weighted by molar-refractivity contribution is 5.74. The van der Waals surface area contributed by atoms with Gasteiger partial charge in [-0.2, -0.15) is 0 Å². The van der Waals surface area contributed by atoms with Crippen LogP contribution in [0.3, 0.4) is 0 Å². The van der Waals surface area contributed by atoms with Crippen molar-refractivity contribution in [3.8, 4) is 0 Å². The lowest BCUT2D eigenvalue weighted by atomic mass is 9.93. The maximum absolute atomic E-state index is 12.0. The Morgan fingerprint density at radius 1 is 1.06 bits per heavy atom. The fourth-order valence-corrected chi connectivity index (χ4v) is 3.67. The number of urea groups is 1. The van der Waals surface area contributed by atoms with Crippen molar-refractivity contribution in [3.05, 3.63) is 0 Å². The molecule has 0 aromatic heterocycles. The van der Waals surface area contributed by atoms with E-state index in [0.717, 1.165) is 25.2 Å². The van der Waals surface area contributed by atoms with E-state index < -0.39 is 0 Å². The highest BCUT2D eigenvalue weighted by atomic mass is 16.2. The van der Waals surface area contributed by atoms with Crippen LogP contribution in [0.15, 0.2) is 0 Å². The number of hydrogen-bond donors (Lipinski definition) is 2. The van der Waals surface area contributed by atoms with Crippen LogP contribution in [-0.2, 0) is 0 Å². The quantitative estimate of drug-likeness (QED) is 0.793. The zero-order chi connectivity index (χ0) is 13.0. The van der Waals surface area contributed by atoms with Crippen molar-refractivity contribution in [2.24, 2.45) is 11.8 Å². The monoisotopic (exact) mass is 252 g/mol. The lowest BCUT2D eigenvalue weighted by Crippen LogP contribution is -2.47. The molecule has 18 heavy (non-hydrogen) atoms. The van der Waals surface area contributed by atoms with Gasteiger partial charge < -0.3 is 10.6 Å². The molecule has 3 nitrogen and oxygen atoms in total. The summed E-state index contributed by atoms with van der Waals surface area (Å²) in [5.74, 6) is 1.43. The number of rotatable bonds is 3. The highest BCUT2D eigenvalue weighted by Crippen LogP contribution is 2.33. The molecule has 2 aliphatic carbocycles. The van der Waals surface area contributed by atoms with Crippen LogP contribution in [0.1, 0.15) is 65.2 Å². The third kappa shape index (κ3) is 3.39. The SMILES string of the molecule is CCC1CCC(NC(=O)NC2CCCCC2)C1C. The van der Waals surface area contributed by atoms with Crippen LogP contribution in [-0.4, -0.2) is 18.1 Å². The summed E-state index contributed by atoms with van der Waals surface area (Å²) in [5.41, 5.74) is 0. The molecule has 104 valence electrons. The summed E-state index contributed by atoms with van der Waals surface area (Å²) >= 11 is 0. The molecule has 3 unspecified atom stereocenters. The third-order valence-electron chi connectivity index (χ3n) is 5.01. The van der Waals surface area contributed by atoms with Gasteiger partial charge in [-0.1, -0.05) is 39.5 Å². The first-order valence-electron chi connectivity index (χ1n) is 7.77. The molecule has 0 saturated heterocycles. The van der Waals surface area contributed by atoms with E-state index in [-0.39, 0.29) is 6.03 Å². The molecule has 3 heteroatoms. The molecule has 0 aromatic rings. The van der Waals surface area contributed by atoms with Crippen LogP contribution in [0, 0.1) is 11.8 Å². The Kier molecular flexibility index (Phi) is 4.90. The topological polar surface area (TPSA) is 41.1 Å². The van der Waals surface area contributed by atoms with Crippen LogP contribution >= 0.6 is 0 Å². The summed E-state index contributed by atoms with van der Waals surface area (Å²) < 4.78 is 0. The van der Waals surface area contributed by atoms with Gasteiger partial charge in [0.1, 0.15) is 0 Å². The van der Waals surface area contributed by atoms with Gasteiger partial charge in [-0.05, 0) is 37.5 Å². The summed E-state index contributed by atoms with van der Waals surface area (Å²) in [6, 6.07) is 0.867. The summed E-state index contributed by atoms with van der Waals surface area (Å²) in [6.45, 7) is 4.54. The van der Waals surface area contributed by atoms with Crippen molar-refractivity contribution in [2.75, 3.05) is 0 Å². The first-order chi connectivity index (χ1) is 8.70. The van der Waals surface area contributed by atoms with Crippen LogP contribution in [0.5, 0.6) is 0 Å². The van der Waals surface area contributed by atoms with Gasteiger partial charge in [-0.15, -0.1) is 0 Å². The van der Waals surface area contributed by atoms with E-state index in [2.05, 4.69) is 24.5 Å². The molecular formula is C15H28N2O. The zero-order valence-electron chi connectivity index (χ0n) is 11.9. The molecule has 2 saturated carbocycles. The Balaban J connectivity index is 1.74. The standard InChI is InChI=1S/C15H28N2O/c1-3-12-9-10-14(11(12)2)17-15(18)16-13-7-5-4-6-8-13/h11-14H,3-10H2,1-2H3,(H2,16,17,18). The average molecular weight is 252 g/mol. The fraction of sp³-hybridized carbons (Fsp3) is 0.933. The van der Waals surface area contributed by atoms with Crippen LogP contribution in [0.2, 0.25) is 0 Å². The summed E-state index contributed by atoms with van der Waals surface area (Å²) in [6.07, 6.45) is 9.84. The first-order valence-corrected chi connectivity index (χ1v) is 7.77. The normalized spacial score (nSPS) is 33.3. The largest absolute Gasteiger partial charge is 0.335 e. The predicted octanol–water partition coefficient (Wildman–Crippen LogP) is 3.44. The van der Waals surface area contributed by atoms with Gasteiger partial charge >= 0.3 is 6.03 Å². The third-order valence-corrected chi connectivity index (χ3v) is 5.01. The Morgan fingerprint density at radius 2 is 1.78 bits per heavy atom. The van der Waals surface area contributed by atoms with Crippen molar-refractivity contribution >= 4 is 6.03 Å². The van der Waals surface area contributed by atoms with Gasteiger partial charge in [-0.25, -0.2) is 4.79 Å². The summed E-state index contributed by atoms with van der Waals surface area (Å²) in [4.78, 5) is 12.0. The predicted molar refractivity (Wildman–Crippen MR) is 74.5 cm³/mol. The molecule has 2 rings (SSSR count). The van der Waals surface area contributed by atoms with E-state index >= 15 is 0 Å². The van der Waals surface area contributed by atoms with E-state index in [1.165, 1.54) is 32.1 Å². The molecule has 0 spiro atoms. The minimum atomic E-state index is 0.0653. The number of hydrogen-bond acceptors (Lipinski definition) is 1. The molecule has 2 N–H and O–H groups in total. The molecule has 0 bridgehead atoms. The molecule has 2 fully saturated rings. The van der Waals surface area contributed by atoms with Gasteiger partial charge in [0.15, 0.2) is 0 Å². The molecule has 2 aliphatic rings. The highest BCUT2D eigenvalue weighted by Gasteiger charge is 2.32. The number of nitrogens with one attached hydrogen (secondary N) is 2. The lowest BCUT2D eigenvalue weighted by Gasteiger charge is -2.26. The fourth-order valence-electron chi connectivity index (χ4n) is 3.67. The molecule has 0 aromatic carbocycles. The second-order valence-electron chi connectivity index (χ2n) is 6.16. The Morgan fingerprint density at radius 3 is 2.39 bits per heavy atom. The van der Waals surface area contributed by atoms with E-state index in [4.69, 9.17) is 0 Å². The maximum Gasteiger partial charge on any atom is 0.315 e. The lowest BCUT2D eigenvalue weighted by molar-refractivity contribution is 0.224. The molecule has 2 amide bonds. The van der Waals surface area contributed by atoms with Crippen LogP contribution < -0.4 is 10.6 Å². The van der Waals surface area contributed by atoms with Gasteiger partial charge in [-0.3, -0.25) is 0 Å². The van der Waals surface area contributed by atoms with Gasteiger partial charge in [0.25, 0.3) is 0 Å². The minimum Gasteiger partial charge on any atom is -0.335 e. The second-order valence-corrected chi connectivity index (χ2v) is 6.16. The molecule has 3 atom stereocenters. The Labute approximate surface area is 111 Å². The first kappa shape index (κ1) is 13.7. The van der Waals surface area contributed by atoms with Crippen molar-refractivity contribution in [3.63, 3.8) is 0 Å². The van der Waals surface area contributed by atoms with Crippen LogP contribution in [0.25, 0.3) is 0 Å². The van der Waals surface area contributed by atoms with E-state index in [1.54, 1.807) is 0 Å². The van der Waals surface area contributed by atoms with E-state index in [9.17, 15) is 4.79 Å². The molecular weight excluding hydrogens is 224 g/mol. The van der Waals surface area contributed by atoms with Gasteiger partial charge in [0, 0.05) is 12.1 Å². The van der Waals surface area contributed by atoms with E-state index in [1.807, 2.05) is 0 Å². The second kappa shape index (κ2) is 6.44. The average Bonchev–Trinajstić information content (AvgIpc) is 2.71. The Bertz CT molecular complexity index is 274. The molecule has 0 radical (unpaired) electrons. The van der Waals surface area contributed by atoms with Gasteiger partial charge in [0.05, 0.1) is 0 Å². The van der Waals surface area contributed by atoms with Crippen molar-refractivity contribution < 1.29 is 4.79 Å². The van der Waals surface area contributed by atoms with Gasteiger partial charge in [0.2, 0.25) is 0 Å². The smallest absolute Gasteiger partial charge is 0.315 e. The number of carbonyl (C=O) groups is 1. The summed E-state index contributed by atoms with van der Waals surface area (Å²) in [7, 11) is 0. The van der Waals surface area contributed by atoms with E-state index in [0.29, 0.717) is 18.0 Å². The minimum absolute atomic E-state index is 0.0653. The number of carbonyl (C=O) groups excluding carboxylic acids is 1. The molecule has 0 heterocycles. The Hall–Kier alpha value is -0.730. The zero-order valence-corrected chi connectivity index (χ0v) is 11.9. The van der Waals surface area contributed by atoms with Crippen molar-refractivity contribution in [1.82, 2.24) is 10.6 Å². The van der Waals surface area contributed by atoms with Crippen LogP contribution in [0.4, 0.5) is 4.79 Å². The number of amides is 2. The molecule has 0 aliphatic heterocycles. The van der Waals surface area contributed by atoms with Crippen molar-refractivity contribution in [2.45, 2.75) is 77.3 Å². The van der Waals surface area contributed by atoms with Crippen molar-refractivity contribution in [1.29, 1.82) is 0 Å². The summed E-state index contributed by atoms with van der Waals surface area (Å²) in [5, 5.41) is 6.34.